The zero-order valence-electron chi connectivity index (χ0n) is 10.9. The van der Waals surface area contributed by atoms with Gasteiger partial charge >= 0.3 is 0 Å². The van der Waals surface area contributed by atoms with Gasteiger partial charge in [0.2, 0.25) is 0 Å². The summed E-state index contributed by atoms with van der Waals surface area (Å²) in [5.41, 5.74) is 5.54. The summed E-state index contributed by atoms with van der Waals surface area (Å²) >= 11 is 0. The van der Waals surface area contributed by atoms with Gasteiger partial charge in [0.15, 0.2) is 6.29 Å². The van der Waals surface area contributed by atoms with Crippen LogP contribution in [0.3, 0.4) is 0 Å². The molecule has 0 atom stereocenters. The first kappa shape index (κ1) is 11.7. The van der Waals surface area contributed by atoms with E-state index in [0.717, 1.165) is 34.1 Å². The SMILES string of the molecule is Cc1cc(C)c2c(C=O)c(-c3ccccn3)[nH]c2c1. The minimum absolute atomic E-state index is 0.686. The first-order valence-electron chi connectivity index (χ1n) is 6.20. The number of aryl methyl sites for hydroxylation is 2. The normalized spacial score (nSPS) is 10.8. The molecule has 0 spiro atoms. The molecular formula is C16H14N2O. The highest BCUT2D eigenvalue weighted by Crippen LogP contribution is 2.30. The molecule has 3 aromatic rings. The molecule has 3 nitrogen and oxygen atoms in total. The summed E-state index contributed by atoms with van der Waals surface area (Å²) in [6.07, 6.45) is 2.64. The Morgan fingerprint density at radius 2 is 2.05 bits per heavy atom. The molecule has 94 valence electrons. The Morgan fingerprint density at radius 1 is 1.21 bits per heavy atom. The Labute approximate surface area is 111 Å². The minimum atomic E-state index is 0.686. The third kappa shape index (κ3) is 1.83. The Kier molecular flexibility index (Phi) is 2.67. The van der Waals surface area contributed by atoms with Gasteiger partial charge in [-0.2, -0.15) is 0 Å². The molecule has 19 heavy (non-hydrogen) atoms. The van der Waals surface area contributed by atoms with Crippen LogP contribution in [0.2, 0.25) is 0 Å². The number of aromatic amines is 1. The van der Waals surface area contributed by atoms with Gasteiger partial charge in [-0.05, 0) is 43.2 Å². The third-order valence-electron chi connectivity index (χ3n) is 3.32. The Hall–Kier alpha value is -2.42. The number of fused-ring (bicyclic) bond motifs is 1. The Bertz CT molecular complexity index is 757. The van der Waals surface area contributed by atoms with Gasteiger partial charge in [-0.3, -0.25) is 9.78 Å². The van der Waals surface area contributed by atoms with Crippen LogP contribution in [0.4, 0.5) is 0 Å². The molecule has 1 aromatic carbocycles. The summed E-state index contributed by atoms with van der Waals surface area (Å²) in [5, 5.41) is 0.987. The van der Waals surface area contributed by atoms with Gasteiger partial charge in [0, 0.05) is 22.7 Å². The lowest BCUT2D eigenvalue weighted by Crippen LogP contribution is -1.87. The summed E-state index contributed by atoms with van der Waals surface area (Å²) in [7, 11) is 0. The van der Waals surface area contributed by atoms with E-state index in [9.17, 15) is 4.79 Å². The molecule has 0 bridgehead atoms. The standard InChI is InChI=1S/C16H14N2O/c1-10-7-11(2)15-12(9-19)16(18-14(15)8-10)13-5-3-4-6-17-13/h3-9,18H,1-2H3. The van der Waals surface area contributed by atoms with Crippen LogP contribution in [-0.2, 0) is 0 Å². The van der Waals surface area contributed by atoms with E-state index in [0.29, 0.717) is 5.56 Å². The number of carbonyl (C=O) groups is 1. The number of aromatic nitrogens is 2. The summed E-state index contributed by atoms with van der Waals surface area (Å²) in [6.45, 7) is 4.08. The van der Waals surface area contributed by atoms with E-state index in [1.807, 2.05) is 32.0 Å². The van der Waals surface area contributed by atoms with Crippen molar-refractivity contribution in [1.82, 2.24) is 9.97 Å². The van der Waals surface area contributed by atoms with E-state index in [4.69, 9.17) is 0 Å². The second-order valence-electron chi connectivity index (χ2n) is 4.75. The number of carbonyl (C=O) groups excluding carboxylic acids is 1. The van der Waals surface area contributed by atoms with E-state index in [2.05, 4.69) is 22.1 Å². The molecule has 0 saturated heterocycles. The van der Waals surface area contributed by atoms with Crippen LogP contribution >= 0.6 is 0 Å². The summed E-state index contributed by atoms with van der Waals surface area (Å²) in [5.74, 6) is 0. The van der Waals surface area contributed by atoms with E-state index < -0.39 is 0 Å². The van der Waals surface area contributed by atoms with Crippen LogP contribution in [0.5, 0.6) is 0 Å². The van der Waals surface area contributed by atoms with Crippen molar-refractivity contribution in [2.24, 2.45) is 0 Å². The number of benzene rings is 1. The van der Waals surface area contributed by atoms with E-state index in [1.54, 1.807) is 6.20 Å². The van der Waals surface area contributed by atoms with E-state index in [-0.39, 0.29) is 0 Å². The maximum Gasteiger partial charge on any atom is 0.152 e. The Morgan fingerprint density at radius 3 is 2.74 bits per heavy atom. The number of hydrogen-bond donors (Lipinski definition) is 1. The fraction of sp³-hybridized carbons (Fsp3) is 0.125. The van der Waals surface area contributed by atoms with Crippen molar-refractivity contribution in [3.8, 4) is 11.4 Å². The van der Waals surface area contributed by atoms with Gasteiger partial charge in [-0.1, -0.05) is 12.1 Å². The number of rotatable bonds is 2. The fourth-order valence-electron chi connectivity index (χ4n) is 2.58. The van der Waals surface area contributed by atoms with Crippen LogP contribution < -0.4 is 0 Å². The molecule has 3 heteroatoms. The van der Waals surface area contributed by atoms with Crippen molar-refractivity contribution >= 4 is 17.2 Å². The molecule has 0 aliphatic carbocycles. The van der Waals surface area contributed by atoms with E-state index in [1.165, 1.54) is 5.56 Å². The zero-order valence-corrected chi connectivity index (χ0v) is 10.9. The number of H-pyrrole nitrogens is 1. The topological polar surface area (TPSA) is 45.8 Å². The van der Waals surface area contributed by atoms with Gasteiger partial charge < -0.3 is 4.98 Å². The molecule has 0 aliphatic heterocycles. The van der Waals surface area contributed by atoms with Crippen LogP contribution in [-0.4, -0.2) is 16.3 Å². The zero-order chi connectivity index (χ0) is 13.4. The lowest BCUT2D eigenvalue weighted by Gasteiger charge is -2.00. The summed E-state index contributed by atoms with van der Waals surface area (Å²) in [4.78, 5) is 19.1. The van der Waals surface area contributed by atoms with Crippen molar-refractivity contribution in [2.45, 2.75) is 13.8 Å². The number of pyridine rings is 1. The molecule has 0 fully saturated rings. The number of aldehydes is 1. The maximum absolute atomic E-state index is 11.5. The number of hydrogen-bond acceptors (Lipinski definition) is 2. The molecule has 0 radical (unpaired) electrons. The van der Waals surface area contributed by atoms with Crippen molar-refractivity contribution in [3.05, 3.63) is 53.2 Å². The van der Waals surface area contributed by atoms with Gasteiger partial charge in [0.1, 0.15) is 0 Å². The van der Waals surface area contributed by atoms with Crippen LogP contribution in [0.15, 0.2) is 36.5 Å². The number of nitrogens with zero attached hydrogens (tertiary/aromatic N) is 1. The molecule has 2 aromatic heterocycles. The van der Waals surface area contributed by atoms with E-state index >= 15 is 0 Å². The maximum atomic E-state index is 11.5. The van der Waals surface area contributed by atoms with Crippen molar-refractivity contribution in [3.63, 3.8) is 0 Å². The van der Waals surface area contributed by atoms with Gasteiger partial charge in [0.25, 0.3) is 0 Å². The average molecular weight is 250 g/mol. The highest BCUT2D eigenvalue weighted by atomic mass is 16.1. The minimum Gasteiger partial charge on any atom is -0.353 e. The lowest BCUT2D eigenvalue weighted by molar-refractivity contribution is 0.112. The molecule has 0 saturated carbocycles. The first-order valence-corrected chi connectivity index (χ1v) is 6.20. The predicted octanol–water partition coefficient (Wildman–Crippen LogP) is 3.66. The summed E-state index contributed by atoms with van der Waals surface area (Å²) < 4.78 is 0. The van der Waals surface area contributed by atoms with Crippen LogP contribution in [0.1, 0.15) is 21.5 Å². The highest BCUT2D eigenvalue weighted by molar-refractivity contribution is 6.05. The monoisotopic (exact) mass is 250 g/mol. The molecule has 0 unspecified atom stereocenters. The largest absolute Gasteiger partial charge is 0.353 e. The molecule has 3 rings (SSSR count). The quantitative estimate of drug-likeness (QED) is 0.705. The molecule has 0 amide bonds. The van der Waals surface area contributed by atoms with Crippen molar-refractivity contribution in [2.75, 3.05) is 0 Å². The predicted molar refractivity (Wildman–Crippen MR) is 76.4 cm³/mol. The smallest absolute Gasteiger partial charge is 0.152 e. The molecule has 1 N–H and O–H groups in total. The first-order chi connectivity index (χ1) is 9.20. The second kappa shape index (κ2) is 4.35. The lowest BCUT2D eigenvalue weighted by atomic mass is 10.0. The molecule has 0 aliphatic rings. The third-order valence-corrected chi connectivity index (χ3v) is 3.32. The van der Waals surface area contributed by atoms with Crippen LogP contribution in [0.25, 0.3) is 22.3 Å². The van der Waals surface area contributed by atoms with Crippen LogP contribution in [0, 0.1) is 13.8 Å². The van der Waals surface area contributed by atoms with Gasteiger partial charge in [0.05, 0.1) is 11.4 Å². The number of nitrogens with one attached hydrogen (secondary N) is 1. The van der Waals surface area contributed by atoms with Gasteiger partial charge in [-0.15, -0.1) is 0 Å². The summed E-state index contributed by atoms with van der Waals surface area (Å²) in [6, 6.07) is 9.83. The van der Waals surface area contributed by atoms with Crippen molar-refractivity contribution in [1.29, 1.82) is 0 Å². The molecular weight excluding hydrogens is 236 g/mol. The second-order valence-corrected chi connectivity index (χ2v) is 4.75. The Balaban J connectivity index is 2.38. The highest BCUT2D eigenvalue weighted by Gasteiger charge is 2.15. The van der Waals surface area contributed by atoms with Gasteiger partial charge in [-0.25, -0.2) is 0 Å². The fourth-order valence-corrected chi connectivity index (χ4v) is 2.58. The molecule has 2 heterocycles. The van der Waals surface area contributed by atoms with Crippen molar-refractivity contribution < 1.29 is 4.79 Å². The average Bonchev–Trinajstić information content (AvgIpc) is 2.78.